The number of carbonyl (C=O) groups excluding carboxylic acids is 2. The molecule has 2 aromatic rings. The molecule has 1 aliphatic heterocycles. The summed E-state index contributed by atoms with van der Waals surface area (Å²) in [5.41, 5.74) is 3.96. The van der Waals surface area contributed by atoms with E-state index in [0.29, 0.717) is 18.5 Å². The first-order valence-electron chi connectivity index (χ1n) is 11.4. The standard InChI is InChI=1S/C26H35N3O2S/c1-20-8-7-9-22(18-20)25(30)27-24(14-17-32-3)26(31)28(2)19-21-10-12-23(13-11-21)29-15-5-4-6-16-29/h7-13,18,24H,4-6,14-17,19H2,1-3H3,(H,27,30). The van der Waals surface area contributed by atoms with E-state index in [9.17, 15) is 9.59 Å². The summed E-state index contributed by atoms with van der Waals surface area (Å²) in [6.45, 7) is 4.72. The second kappa shape index (κ2) is 12.0. The van der Waals surface area contributed by atoms with Crippen molar-refractivity contribution in [3.05, 3.63) is 65.2 Å². The number of piperidine rings is 1. The maximum absolute atomic E-state index is 13.2. The summed E-state index contributed by atoms with van der Waals surface area (Å²) in [4.78, 5) is 30.1. The number of aryl methyl sites for hydroxylation is 1. The predicted molar refractivity (Wildman–Crippen MR) is 134 cm³/mol. The summed E-state index contributed by atoms with van der Waals surface area (Å²) in [7, 11) is 1.81. The van der Waals surface area contributed by atoms with Gasteiger partial charge in [-0.2, -0.15) is 11.8 Å². The van der Waals surface area contributed by atoms with Crippen molar-refractivity contribution in [3.8, 4) is 0 Å². The van der Waals surface area contributed by atoms with Crippen LogP contribution in [0.1, 0.15) is 47.2 Å². The van der Waals surface area contributed by atoms with Gasteiger partial charge in [0.2, 0.25) is 5.91 Å². The minimum Gasteiger partial charge on any atom is -0.372 e. The van der Waals surface area contributed by atoms with Crippen LogP contribution in [0.5, 0.6) is 0 Å². The van der Waals surface area contributed by atoms with Crippen LogP contribution in [-0.4, -0.2) is 54.9 Å². The van der Waals surface area contributed by atoms with Gasteiger partial charge in [0.1, 0.15) is 6.04 Å². The predicted octanol–water partition coefficient (Wildman–Crippen LogP) is 4.50. The normalized spacial score (nSPS) is 14.7. The molecule has 1 saturated heterocycles. The molecule has 6 heteroatoms. The van der Waals surface area contributed by atoms with Crippen LogP contribution in [-0.2, 0) is 11.3 Å². The topological polar surface area (TPSA) is 52.7 Å². The van der Waals surface area contributed by atoms with Crippen LogP contribution < -0.4 is 10.2 Å². The zero-order valence-corrected chi connectivity index (χ0v) is 20.3. The van der Waals surface area contributed by atoms with Gasteiger partial charge < -0.3 is 15.1 Å². The summed E-state index contributed by atoms with van der Waals surface area (Å²) in [5, 5.41) is 2.96. The molecule has 32 heavy (non-hydrogen) atoms. The lowest BCUT2D eigenvalue weighted by Gasteiger charge is -2.29. The molecule has 2 amide bonds. The summed E-state index contributed by atoms with van der Waals surface area (Å²) >= 11 is 1.68. The Balaban J connectivity index is 1.62. The van der Waals surface area contributed by atoms with E-state index in [1.807, 2.05) is 38.4 Å². The molecule has 0 radical (unpaired) electrons. The third-order valence-electron chi connectivity index (χ3n) is 5.95. The molecule has 0 spiro atoms. The van der Waals surface area contributed by atoms with Crippen molar-refractivity contribution < 1.29 is 9.59 Å². The Morgan fingerprint density at radius 1 is 1.09 bits per heavy atom. The third-order valence-corrected chi connectivity index (χ3v) is 6.59. The van der Waals surface area contributed by atoms with Gasteiger partial charge in [0.25, 0.3) is 5.91 Å². The second-order valence-corrected chi connectivity index (χ2v) is 9.57. The fraction of sp³-hybridized carbons (Fsp3) is 0.462. The zero-order valence-electron chi connectivity index (χ0n) is 19.5. The van der Waals surface area contributed by atoms with Gasteiger partial charge in [-0.25, -0.2) is 0 Å². The summed E-state index contributed by atoms with van der Waals surface area (Å²) < 4.78 is 0. The van der Waals surface area contributed by atoms with Crippen molar-refractivity contribution in [2.24, 2.45) is 0 Å². The number of nitrogens with one attached hydrogen (secondary N) is 1. The molecule has 1 heterocycles. The van der Waals surface area contributed by atoms with Crippen molar-refractivity contribution in [3.63, 3.8) is 0 Å². The molecule has 0 aliphatic carbocycles. The van der Waals surface area contributed by atoms with Crippen LogP contribution in [0.3, 0.4) is 0 Å². The van der Waals surface area contributed by atoms with E-state index < -0.39 is 6.04 Å². The van der Waals surface area contributed by atoms with Gasteiger partial charge >= 0.3 is 0 Å². The monoisotopic (exact) mass is 453 g/mol. The van der Waals surface area contributed by atoms with Crippen molar-refractivity contribution in [2.75, 3.05) is 37.0 Å². The number of carbonyl (C=O) groups is 2. The molecule has 5 nitrogen and oxygen atoms in total. The number of thioether (sulfide) groups is 1. The van der Waals surface area contributed by atoms with Gasteiger partial charge in [0.05, 0.1) is 0 Å². The van der Waals surface area contributed by atoms with Gasteiger partial charge in [-0.05, 0) is 74.4 Å². The summed E-state index contributed by atoms with van der Waals surface area (Å²) in [6, 6.07) is 15.4. The molecular formula is C26H35N3O2S. The lowest BCUT2D eigenvalue weighted by Crippen LogP contribution is -2.47. The Hall–Kier alpha value is -2.47. The van der Waals surface area contributed by atoms with Crippen molar-refractivity contribution in [1.82, 2.24) is 10.2 Å². The van der Waals surface area contributed by atoms with E-state index in [4.69, 9.17) is 0 Å². The molecule has 1 unspecified atom stereocenters. The molecule has 3 rings (SSSR count). The van der Waals surface area contributed by atoms with Gasteiger partial charge in [0, 0.05) is 37.9 Å². The molecule has 0 saturated carbocycles. The van der Waals surface area contributed by atoms with Gasteiger partial charge in [-0.15, -0.1) is 0 Å². The number of nitrogens with zero attached hydrogens (tertiary/aromatic N) is 2. The molecular weight excluding hydrogens is 418 g/mol. The minimum atomic E-state index is -0.534. The molecule has 1 N–H and O–H groups in total. The van der Waals surface area contributed by atoms with Gasteiger partial charge in [-0.3, -0.25) is 9.59 Å². The number of hydrogen-bond donors (Lipinski definition) is 1. The Bertz CT molecular complexity index is 894. The number of amides is 2. The Morgan fingerprint density at radius 2 is 1.81 bits per heavy atom. The molecule has 2 aromatic carbocycles. The van der Waals surface area contributed by atoms with Crippen LogP contribution in [0.15, 0.2) is 48.5 Å². The second-order valence-electron chi connectivity index (χ2n) is 8.59. The highest BCUT2D eigenvalue weighted by Gasteiger charge is 2.24. The largest absolute Gasteiger partial charge is 0.372 e. The average molecular weight is 454 g/mol. The van der Waals surface area contributed by atoms with E-state index in [-0.39, 0.29) is 11.8 Å². The van der Waals surface area contributed by atoms with Crippen molar-refractivity contribution in [2.45, 2.75) is 45.2 Å². The first-order valence-corrected chi connectivity index (χ1v) is 12.8. The van der Waals surface area contributed by atoms with E-state index in [0.717, 1.165) is 30.0 Å². The molecule has 172 valence electrons. The summed E-state index contributed by atoms with van der Waals surface area (Å²) in [6.07, 6.45) is 6.45. The van der Waals surface area contributed by atoms with E-state index in [1.54, 1.807) is 22.7 Å². The van der Waals surface area contributed by atoms with Gasteiger partial charge in [-0.1, -0.05) is 29.8 Å². The maximum Gasteiger partial charge on any atom is 0.251 e. The fourth-order valence-corrected chi connectivity index (χ4v) is 4.57. The van der Waals surface area contributed by atoms with Crippen LogP contribution in [0.4, 0.5) is 5.69 Å². The number of benzene rings is 2. The number of hydrogen-bond acceptors (Lipinski definition) is 4. The number of rotatable bonds is 9. The molecule has 1 aliphatic rings. The fourth-order valence-electron chi connectivity index (χ4n) is 4.10. The number of anilines is 1. The van der Waals surface area contributed by atoms with Crippen LogP contribution in [0.2, 0.25) is 0 Å². The minimum absolute atomic E-state index is 0.0554. The average Bonchev–Trinajstić information content (AvgIpc) is 2.82. The SMILES string of the molecule is CSCCC(NC(=O)c1cccc(C)c1)C(=O)N(C)Cc1ccc(N2CCCCC2)cc1. The number of likely N-dealkylation sites (N-methyl/N-ethyl adjacent to an activating group) is 1. The highest BCUT2D eigenvalue weighted by Crippen LogP contribution is 2.21. The molecule has 1 atom stereocenters. The Morgan fingerprint density at radius 3 is 2.47 bits per heavy atom. The maximum atomic E-state index is 13.2. The first kappa shape index (κ1) is 24.2. The van der Waals surface area contributed by atoms with Crippen molar-refractivity contribution >= 4 is 29.3 Å². The quantitative estimate of drug-likeness (QED) is 0.608. The van der Waals surface area contributed by atoms with Crippen LogP contribution in [0.25, 0.3) is 0 Å². The molecule has 1 fully saturated rings. The molecule has 0 bridgehead atoms. The van der Waals surface area contributed by atoms with Gasteiger partial charge in [0.15, 0.2) is 0 Å². The molecule has 0 aromatic heterocycles. The Kier molecular flexibility index (Phi) is 9.03. The highest BCUT2D eigenvalue weighted by atomic mass is 32.2. The highest BCUT2D eigenvalue weighted by molar-refractivity contribution is 7.98. The van der Waals surface area contributed by atoms with Crippen LogP contribution >= 0.6 is 11.8 Å². The van der Waals surface area contributed by atoms with Crippen molar-refractivity contribution in [1.29, 1.82) is 0 Å². The smallest absolute Gasteiger partial charge is 0.251 e. The first-order chi connectivity index (χ1) is 15.5. The third kappa shape index (κ3) is 6.76. The zero-order chi connectivity index (χ0) is 22.9. The lowest BCUT2D eigenvalue weighted by molar-refractivity contribution is -0.132. The van der Waals surface area contributed by atoms with Crippen LogP contribution in [0, 0.1) is 6.92 Å². The van der Waals surface area contributed by atoms with E-state index in [1.165, 1.54) is 24.9 Å². The lowest BCUT2D eigenvalue weighted by atomic mass is 10.1. The van der Waals surface area contributed by atoms with E-state index >= 15 is 0 Å². The summed E-state index contributed by atoms with van der Waals surface area (Å²) in [5.74, 6) is 0.552. The van der Waals surface area contributed by atoms with E-state index in [2.05, 4.69) is 34.5 Å². The Labute approximate surface area is 196 Å².